The first-order valence-corrected chi connectivity index (χ1v) is 16.5. The van der Waals surface area contributed by atoms with E-state index in [4.69, 9.17) is 9.98 Å². The second-order valence-corrected chi connectivity index (χ2v) is 14.1. The number of benzene rings is 4. The quantitative estimate of drug-likeness (QED) is 0.200. The number of hydrogen-bond acceptors (Lipinski definition) is 2. The minimum absolute atomic E-state index is 0.400. The van der Waals surface area contributed by atoms with Crippen LogP contribution < -0.4 is 0 Å². The third kappa shape index (κ3) is 5.53. The molecule has 0 spiro atoms. The summed E-state index contributed by atoms with van der Waals surface area (Å²) in [5.41, 5.74) is 8.80. The maximum absolute atomic E-state index is 5.26. The zero-order chi connectivity index (χ0) is 24.9. The zero-order valence-electron chi connectivity index (χ0n) is 20.2. The fraction of sp³-hybridized carbons (Fsp3) is 0.200. The summed E-state index contributed by atoms with van der Waals surface area (Å²) < 4.78 is 0. The Hall–Kier alpha value is -2.07. The van der Waals surface area contributed by atoms with Crippen LogP contribution in [0.3, 0.4) is 0 Å². The average Bonchev–Trinajstić information content (AvgIpc) is 3.14. The van der Waals surface area contributed by atoms with Crippen molar-refractivity contribution in [2.75, 3.05) is 0 Å². The Morgan fingerprint density at radius 1 is 0.571 bits per heavy atom. The Kier molecular flexibility index (Phi) is 8.75. The van der Waals surface area contributed by atoms with Gasteiger partial charge in [-0.25, -0.2) is 9.98 Å². The standard InChI is InChI=1S/C30H28N2.2BrH.Ni/c1-19(2)22-13-5-7-17-26(22)31-29-24-15-9-11-21-12-10-16-25(28(21)24)30(29)32-27-18-8-6-14-23(27)20(3)4;;;/h5-20H,1-4H3;2*1H;/q;;;+2/p-2. The molecule has 1 aliphatic rings. The molecule has 5 rings (SSSR count). The van der Waals surface area contributed by atoms with Crippen LogP contribution in [0.4, 0.5) is 11.4 Å². The molecule has 1 aliphatic carbocycles. The van der Waals surface area contributed by atoms with Crippen molar-refractivity contribution in [1.29, 1.82) is 0 Å². The zero-order valence-corrected chi connectivity index (χ0v) is 24.4. The Balaban J connectivity index is 0.000000917. The van der Waals surface area contributed by atoms with Crippen LogP contribution in [0.1, 0.15) is 61.8 Å². The summed E-state index contributed by atoms with van der Waals surface area (Å²) in [6, 6.07) is 29.9. The van der Waals surface area contributed by atoms with Crippen molar-refractivity contribution in [3.05, 3.63) is 107 Å². The maximum atomic E-state index is 5.26. The molecule has 0 saturated heterocycles. The van der Waals surface area contributed by atoms with Gasteiger partial charge in [0.05, 0.1) is 22.8 Å². The number of nitrogens with zero attached hydrogens (tertiary/aromatic N) is 2. The molecule has 35 heavy (non-hydrogen) atoms. The summed E-state index contributed by atoms with van der Waals surface area (Å²) in [6.07, 6.45) is 0. The van der Waals surface area contributed by atoms with Crippen molar-refractivity contribution in [2.45, 2.75) is 39.5 Å². The Morgan fingerprint density at radius 2 is 0.971 bits per heavy atom. The third-order valence-electron chi connectivity index (χ3n) is 6.22. The molecule has 2 nitrogen and oxygen atoms in total. The van der Waals surface area contributed by atoms with Crippen molar-refractivity contribution >= 4 is 62.0 Å². The van der Waals surface area contributed by atoms with Gasteiger partial charge in [0.15, 0.2) is 0 Å². The minimum atomic E-state index is 0.400. The van der Waals surface area contributed by atoms with Gasteiger partial charge in [0.2, 0.25) is 0 Å². The molecule has 0 fully saturated rings. The SMILES string of the molecule is CC(C)c1ccccc1N=C1C(=Nc2ccccc2C(C)C)c2cccc3cccc1c23.[Br][Ni][Br]. The van der Waals surface area contributed by atoms with E-state index < -0.39 is 0 Å². The van der Waals surface area contributed by atoms with Crippen LogP contribution in [0, 0.1) is 0 Å². The second-order valence-electron chi connectivity index (χ2n) is 9.10. The van der Waals surface area contributed by atoms with Gasteiger partial charge in [-0.1, -0.05) is 100 Å². The molecule has 182 valence electrons. The first-order chi connectivity index (χ1) is 17.0. The molecule has 0 bridgehead atoms. The predicted molar refractivity (Wildman–Crippen MR) is 155 cm³/mol. The van der Waals surface area contributed by atoms with Gasteiger partial charge in [-0.05, 0) is 40.5 Å². The van der Waals surface area contributed by atoms with Crippen LogP contribution in [-0.2, 0) is 10.9 Å². The molecule has 0 aliphatic heterocycles. The van der Waals surface area contributed by atoms with E-state index in [0.29, 0.717) is 11.8 Å². The molecule has 0 atom stereocenters. The molecule has 0 radical (unpaired) electrons. The number of aliphatic imine (C=N–C) groups is 2. The van der Waals surface area contributed by atoms with Crippen molar-refractivity contribution in [3.63, 3.8) is 0 Å². The van der Waals surface area contributed by atoms with Gasteiger partial charge in [0, 0.05) is 16.5 Å². The molecule has 0 saturated carbocycles. The van der Waals surface area contributed by atoms with Gasteiger partial charge in [0.25, 0.3) is 0 Å². The van der Waals surface area contributed by atoms with Gasteiger partial charge in [0.1, 0.15) is 0 Å². The van der Waals surface area contributed by atoms with Crippen LogP contribution in [0.25, 0.3) is 10.8 Å². The number of halogens is 2. The molecule has 4 aromatic rings. The Labute approximate surface area is 228 Å². The van der Waals surface area contributed by atoms with Crippen LogP contribution >= 0.6 is 28.5 Å². The van der Waals surface area contributed by atoms with E-state index in [-0.39, 0.29) is 0 Å². The Morgan fingerprint density at radius 3 is 1.37 bits per heavy atom. The van der Waals surface area contributed by atoms with E-state index >= 15 is 0 Å². The van der Waals surface area contributed by atoms with Crippen molar-refractivity contribution in [1.82, 2.24) is 0 Å². The molecule has 0 heterocycles. The summed E-state index contributed by atoms with van der Waals surface area (Å²) in [7, 11) is 1.25. The monoisotopic (exact) mass is 632 g/mol. The van der Waals surface area contributed by atoms with Crippen molar-refractivity contribution in [3.8, 4) is 0 Å². The molecule has 0 aromatic heterocycles. The van der Waals surface area contributed by atoms with Gasteiger partial charge < -0.3 is 0 Å². The normalized spacial score (nSPS) is 14.9. The van der Waals surface area contributed by atoms with E-state index in [2.05, 4.69) is 141 Å². The van der Waals surface area contributed by atoms with Gasteiger partial charge in [-0.3, -0.25) is 0 Å². The topological polar surface area (TPSA) is 24.7 Å². The fourth-order valence-electron chi connectivity index (χ4n) is 4.61. The molecular formula is C30H28Br2N2Ni. The second kappa shape index (κ2) is 11.8. The third-order valence-corrected chi connectivity index (χ3v) is 6.22. The average molecular weight is 635 g/mol. The molecule has 0 unspecified atom stereocenters. The van der Waals surface area contributed by atoms with Gasteiger partial charge in [-0.15, -0.1) is 0 Å². The van der Waals surface area contributed by atoms with Crippen LogP contribution in [0.15, 0.2) is 94.9 Å². The van der Waals surface area contributed by atoms with E-state index in [1.165, 1.54) is 32.8 Å². The first-order valence-electron chi connectivity index (χ1n) is 11.7. The van der Waals surface area contributed by atoms with E-state index in [9.17, 15) is 0 Å². The summed E-state index contributed by atoms with van der Waals surface area (Å²) in [5.74, 6) is 0.800. The predicted octanol–water partition coefficient (Wildman–Crippen LogP) is 10.0. The van der Waals surface area contributed by atoms with Crippen molar-refractivity contribution in [2.24, 2.45) is 9.98 Å². The summed E-state index contributed by atoms with van der Waals surface area (Å²) in [6.45, 7) is 8.88. The van der Waals surface area contributed by atoms with E-state index in [1.54, 1.807) is 0 Å². The molecule has 0 N–H and O–H groups in total. The molecule has 5 heteroatoms. The number of rotatable bonds is 4. The molecule has 0 amide bonds. The van der Waals surface area contributed by atoms with E-state index in [1.807, 2.05) is 0 Å². The number of hydrogen-bond donors (Lipinski definition) is 0. The van der Waals surface area contributed by atoms with Crippen LogP contribution in [-0.4, -0.2) is 11.4 Å². The number of para-hydroxylation sites is 2. The molecular weight excluding hydrogens is 607 g/mol. The summed E-state index contributed by atoms with van der Waals surface area (Å²) in [5, 5.41) is 2.48. The van der Waals surface area contributed by atoms with Gasteiger partial charge >= 0.3 is 39.3 Å². The van der Waals surface area contributed by atoms with Crippen LogP contribution in [0.5, 0.6) is 0 Å². The van der Waals surface area contributed by atoms with Gasteiger partial charge in [-0.2, -0.15) is 0 Å². The van der Waals surface area contributed by atoms with Crippen molar-refractivity contribution < 1.29 is 10.9 Å². The summed E-state index contributed by atoms with van der Waals surface area (Å²) >= 11 is 6.00. The fourth-order valence-corrected chi connectivity index (χ4v) is 4.61. The Bertz CT molecular complexity index is 1300. The molecule has 4 aromatic carbocycles. The van der Waals surface area contributed by atoms with Crippen LogP contribution in [0.2, 0.25) is 0 Å². The van der Waals surface area contributed by atoms with E-state index in [0.717, 1.165) is 33.9 Å². The first kappa shape index (κ1) is 26.0. The summed E-state index contributed by atoms with van der Waals surface area (Å²) in [4.78, 5) is 10.5.